The van der Waals surface area contributed by atoms with Crippen LogP contribution in [0.1, 0.15) is 17.5 Å². The lowest BCUT2D eigenvalue weighted by atomic mass is 9.96. The second kappa shape index (κ2) is 4.59. The van der Waals surface area contributed by atoms with E-state index in [0.717, 1.165) is 19.5 Å². The largest absolute Gasteiger partial charge is 0.308 e. The fraction of sp³-hybridized carbons (Fsp3) is 0.571. The van der Waals surface area contributed by atoms with Crippen molar-refractivity contribution in [3.63, 3.8) is 0 Å². The smallest absolute Gasteiger partial charge is 0.261 e. The molecule has 18 heavy (non-hydrogen) atoms. The lowest BCUT2D eigenvalue weighted by molar-refractivity contribution is 0.0114. The standard InChI is InChI=1S/C14H18F2N2/c15-14(16)5-6-18(10-14)9-13-7-11-3-1-2-4-12(11)8-17-13/h1-4,13,17H,5-10H2/t13-/m0/s1. The van der Waals surface area contributed by atoms with Crippen molar-refractivity contribution in [2.24, 2.45) is 0 Å². The molecule has 2 nitrogen and oxygen atoms in total. The Morgan fingerprint density at radius 2 is 2.06 bits per heavy atom. The molecule has 0 bridgehead atoms. The minimum Gasteiger partial charge on any atom is -0.308 e. The number of rotatable bonds is 2. The van der Waals surface area contributed by atoms with Crippen LogP contribution >= 0.6 is 0 Å². The van der Waals surface area contributed by atoms with E-state index in [1.165, 1.54) is 11.1 Å². The van der Waals surface area contributed by atoms with Crippen LogP contribution < -0.4 is 5.32 Å². The molecule has 1 atom stereocenters. The first-order valence-corrected chi connectivity index (χ1v) is 6.53. The molecule has 0 amide bonds. The van der Waals surface area contributed by atoms with Gasteiger partial charge in [-0.05, 0) is 17.5 Å². The minimum atomic E-state index is -2.48. The summed E-state index contributed by atoms with van der Waals surface area (Å²) in [6.45, 7) is 2.02. The zero-order valence-corrected chi connectivity index (χ0v) is 10.3. The Kier molecular flexibility index (Phi) is 3.08. The van der Waals surface area contributed by atoms with Crippen molar-refractivity contribution < 1.29 is 8.78 Å². The van der Waals surface area contributed by atoms with E-state index in [1.54, 1.807) is 0 Å². The summed E-state index contributed by atoms with van der Waals surface area (Å²) >= 11 is 0. The number of likely N-dealkylation sites (tertiary alicyclic amines) is 1. The highest BCUT2D eigenvalue weighted by molar-refractivity contribution is 5.29. The van der Waals surface area contributed by atoms with Crippen LogP contribution in [0.5, 0.6) is 0 Å². The molecule has 0 radical (unpaired) electrons. The van der Waals surface area contributed by atoms with E-state index in [9.17, 15) is 8.78 Å². The van der Waals surface area contributed by atoms with Crippen molar-refractivity contribution in [1.29, 1.82) is 0 Å². The molecular weight excluding hydrogens is 234 g/mol. The van der Waals surface area contributed by atoms with E-state index in [2.05, 4.69) is 17.4 Å². The van der Waals surface area contributed by atoms with Crippen LogP contribution in [0.3, 0.4) is 0 Å². The lowest BCUT2D eigenvalue weighted by Crippen LogP contribution is -2.44. The number of nitrogens with one attached hydrogen (secondary N) is 1. The molecule has 0 aromatic heterocycles. The quantitative estimate of drug-likeness (QED) is 0.866. The number of halogens is 2. The molecule has 2 aliphatic heterocycles. The first kappa shape index (κ1) is 12.1. The normalized spacial score (nSPS) is 27.1. The maximum Gasteiger partial charge on any atom is 0.261 e. The summed E-state index contributed by atoms with van der Waals surface area (Å²) in [4.78, 5) is 1.88. The molecule has 0 spiro atoms. The number of alkyl halides is 2. The van der Waals surface area contributed by atoms with E-state index >= 15 is 0 Å². The number of hydrogen-bond donors (Lipinski definition) is 1. The molecule has 1 aromatic carbocycles. The van der Waals surface area contributed by atoms with Crippen LogP contribution in [0.2, 0.25) is 0 Å². The molecule has 1 saturated heterocycles. The maximum atomic E-state index is 13.1. The zero-order chi connectivity index (χ0) is 12.6. The monoisotopic (exact) mass is 252 g/mol. The fourth-order valence-electron chi connectivity index (χ4n) is 2.92. The van der Waals surface area contributed by atoms with Gasteiger partial charge in [0.05, 0.1) is 6.54 Å². The third-order valence-corrected chi connectivity index (χ3v) is 3.89. The molecule has 1 aromatic rings. The number of nitrogens with zero attached hydrogens (tertiary/aromatic N) is 1. The van der Waals surface area contributed by atoms with Gasteiger partial charge in [0.25, 0.3) is 5.92 Å². The Hall–Kier alpha value is -1.00. The van der Waals surface area contributed by atoms with Gasteiger partial charge in [0.1, 0.15) is 0 Å². The molecule has 4 heteroatoms. The Balaban J connectivity index is 1.60. The highest BCUT2D eigenvalue weighted by Gasteiger charge is 2.38. The van der Waals surface area contributed by atoms with Gasteiger partial charge in [0.2, 0.25) is 0 Å². The summed E-state index contributed by atoms with van der Waals surface area (Å²) in [5.74, 6) is -2.48. The van der Waals surface area contributed by atoms with Gasteiger partial charge in [0, 0.05) is 32.1 Å². The predicted molar refractivity (Wildman–Crippen MR) is 66.8 cm³/mol. The second-order valence-corrected chi connectivity index (χ2v) is 5.39. The number of benzene rings is 1. The van der Waals surface area contributed by atoms with E-state index in [-0.39, 0.29) is 13.0 Å². The highest BCUT2D eigenvalue weighted by Crippen LogP contribution is 2.27. The molecule has 98 valence electrons. The third-order valence-electron chi connectivity index (χ3n) is 3.89. The molecule has 2 heterocycles. The maximum absolute atomic E-state index is 13.1. The van der Waals surface area contributed by atoms with Gasteiger partial charge in [-0.3, -0.25) is 4.90 Å². The molecule has 2 aliphatic rings. The summed E-state index contributed by atoms with van der Waals surface area (Å²) in [5, 5.41) is 3.44. The van der Waals surface area contributed by atoms with E-state index < -0.39 is 5.92 Å². The van der Waals surface area contributed by atoms with Crippen LogP contribution in [-0.2, 0) is 13.0 Å². The predicted octanol–water partition coefficient (Wildman–Crippen LogP) is 2.04. The Labute approximate surface area is 106 Å². The topological polar surface area (TPSA) is 15.3 Å². The summed E-state index contributed by atoms with van der Waals surface area (Å²) < 4.78 is 26.3. The summed E-state index contributed by atoms with van der Waals surface area (Å²) in [6.07, 6.45) is 0.953. The van der Waals surface area contributed by atoms with Crippen LogP contribution in [0, 0.1) is 0 Å². The summed E-state index contributed by atoms with van der Waals surface area (Å²) in [7, 11) is 0. The van der Waals surface area contributed by atoms with Gasteiger partial charge in [-0.1, -0.05) is 24.3 Å². The van der Waals surface area contributed by atoms with E-state index in [1.807, 2.05) is 17.0 Å². The molecule has 0 aliphatic carbocycles. The van der Waals surface area contributed by atoms with Gasteiger partial charge in [-0.15, -0.1) is 0 Å². The SMILES string of the molecule is FC1(F)CCN(C[C@@H]2Cc3ccccc3CN2)C1. The lowest BCUT2D eigenvalue weighted by Gasteiger charge is -2.29. The van der Waals surface area contributed by atoms with Gasteiger partial charge < -0.3 is 5.32 Å². The molecule has 0 unspecified atom stereocenters. The van der Waals surface area contributed by atoms with Crippen molar-refractivity contribution in [1.82, 2.24) is 10.2 Å². The Morgan fingerprint density at radius 1 is 1.28 bits per heavy atom. The Morgan fingerprint density at radius 3 is 2.78 bits per heavy atom. The van der Waals surface area contributed by atoms with Crippen molar-refractivity contribution in [2.75, 3.05) is 19.6 Å². The summed E-state index contributed by atoms with van der Waals surface area (Å²) in [6, 6.07) is 8.66. The van der Waals surface area contributed by atoms with Gasteiger partial charge >= 0.3 is 0 Å². The Bertz CT molecular complexity index is 434. The van der Waals surface area contributed by atoms with E-state index in [4.69, 9.17) is 0 Å². The van der Waals surface area contributed by atoms with Gasteiger partial charge in [-0.2, -0.15) is 0 Å². The van der Waals surface area contributed by atoms with Crippen LogP contribution in [-0.4, -0.2) is 36.5 Å². The van der Waals surface area contributed by atoms with Crippen LogP contribution in [0.25, 0.3) is 0 Å². The number of fused-ring (bicyclic) bond motifs is 1. The van der Waals surface area contributed by atoms with Crippen molar-refractivity contribution in [3.05, 3.63) is 35.4 Å². The van der Waals surface area contributed by atoms with Gasteiger partial charge in [0.15, 0.2) is 0 Å². The zero-order valence-electron chi connectivity index (χ0n) is 10.3. The molecule has 1 fully saturated rings. The first-order valence-electron chi connectivity index (χ1n) is 6.53. The van der Waals surface area contributed by atoms with Crippen molar-refractivity contribution >= 4 is 0 Å². The third kappa shape index (κ3) is 2.54. The average molecular weight is 252 g/mol. The molecule has 0 saturated carbocycles. The molecule has 3 rings (SSSR count). The van der Waals surface area contributed by atoms with Crippen LogP contribution in [0.4, 0.5) is 8.78 Å². The van der Waals surface area contributed by atoms with Crippen molar-refractivity contribution in [3.8, 4) is 0 Å². The fourth-order valence-corrected chi connectivity index (χ4v) is 2.92. The average Bonchev–Trinajstić information content (AvgIpc) is 2.68. The van der Waals surface area contributed by atoms with Crippen molar-refractivity contribution in [2.45, 2.75) is 31.4 Å². The molecule has 1 N–H and O–H groups in total. The van der Waals surface area contributed by atoms with E-state index in [0.29, 0.717) is 12.6 Å². The summed E-state index contributed by atoms with van der Waals surface area (Å²) in [5.41, 5.74) is 2.69. The van der Waals surface area contributed by atoms with Gasteiger partial charge in [-0.25, -0.2) is 8.78 Å². The highest BCUT2D eigenvalue weighted by atomic mass is 19.3. The van der Waals surface area contributed by atoms with Crippen LogP contribution in [0.15, 0.2) is 24.3 Å². The molecular formula is C14H18F2N2. The first-order chi connectivity index (χ1) is 8.62. The minimum absolute atomic E-state index is 0.0102. The number of hydrogen-bond acceptors (Lipinski definition) is 2. The second-order valence-electron chi connectivity index (χ2n) is 5.39.